The molecule has 1 aliphatic rings. The summed E-state index contributed by atoms with van der Waals surface area (Å²) in [5, 5.41) is 0. The Bertz CT molecular complexity index is 571. The molecule has 0 bridgehead atoms. The molecule has 3 rings (SSSR count). The van der Waals surface area contributed by atoms with E-state index in [0.29, 0.717) is 0 Å². The van der Waals surface area contributed by atoms with Gasteiger partial charge in [-0.15, -0.1) is 0 Å². The smallest absolute Gasteiger partial charge is 0.123 e. The van der Waals surface area contributed by atoms with Crippen molar-refractivity contribution >= 4 is 0 Å². The minimum atomic E-state index is 1.00. The van der Waals surface area contributed by atoms with Crippen LogP contribution >= 0.6 is 0 Å². The van der Waals surface area contributed by atoms with Gasteiger partial charge in [-0.2, -0.15) is 0 Å². The van der Waals surface area contributed by atoms with E-state index in [9.17, 15) is 0 Å². The van der Waals surface area contributed by atoms with Crippen molar-refractivity contribution < 1.29 is 0 Å². The number of rotatable bonds is 4. The van der Waals surface area contributed by atoms with Crippen molar-refractivity contribution in [2.45, 2.75) is 39.8 Å². The van der Waals surface area contributed by atoms with Crippen molar-refractivity contribution in [1.29, 1.82) is 0 Å². The Morgan fingerprint density at radius 1 is 1.10 bits per heavy atom. The van der Waals surface area contributed by atoms with Crippen molar-refractivity contribution in [3.8, 4) is 0 Å². The molecule has 0 saturated carbocycles. The van der Waals surface area contributed by atoms with E-state index in [1.54, 1.807) is 0 Å². The lowest BCUT2D eigenvalue weighted by Gasteiger charge is -2.28. The first-order valence-corrected chi connectivity index (χ1v) is 7.53. The summed E-state index contributed by atoms with van der Waals surface area (Å²) < 4.78 is 2.38. The average molecular weight is 269 g/mol. The van der Waals surface area contributed by atoms with E-state index in [1.807, 2.05) is 0 Å². The van der Waals surface area contributed by atoms with Crippen molar-refractivity contribution in [3.63, 3.8) is 0 Å². The van der Waals surface area contributed by atoms with Gasteiger partial charge < -0.3 is 4.57 Å². The fourth-order valence-electron chi connectivity index (χ4n) is 3.00. The van der Waals surface area contributed by atoms with E-state index in [0.717, 1.165) is 19.6 Å². The Hall–Kier alpha value is -1.61. The van der Waals surface area contributed by atoms with Crippen LogP contribution < -0.4 is 0 Å². The van der Waals surface area contributed by atoms with Gasteiger partial charge in [0.15, 0.2) is 0 Å². The monoisotopic (exact) mass is 269 g/mol. The number of aryl methyl sites for hydroxylation is 2. The third-order valence-corrected chi connectivity index (χ3v) is 4.32. The summed E-state index contributed by atoms with van der Waals surface area (Å²) in [7, 11) is 0. The van der Waals surface area contributed by atoms with Crippen LogP contribution in [0.5, 0.6) is 0 Å². The SMILES string of the molecule is Cc1nc2n(c1C)CCN(CCCc1ccccc1)C2. The molecule has 0 fully saturated rings. The molecule has 0 N–H and O–H groups in total. The van der Waals surface area contributed by atoms with Crippen LogP contribution in [-0.4, -0.2) is 27.5 Å². The highest BCUT2D eigenvalue weighted by molar-refractivity contribution is 5.16. The second-order valence-electron chi connectivity index (χ2n) is 5.72. The quantitative estimate of drug-likeness (QED) is 0.851. The molecular weight excluding hydrogens is 246 g/mol. The summed E-state index contributed by atoms with van der Waals surface area (Å²) in [4.78, 5) is 7.22. The van der Waals surface area contributed by atoms with Gasteiger partial charge in [-0.25, -0.2) is 4.98 Å². The molecule has 0 amide bonds. The van der Waals surface area contributed by atoms with E-state index in [1.165, 1.54) is 42.2 Å². The normalized spacial score (nSPS) is 15.3. The molecule has 1 aromatic heterocycles. The lowest BCUT2D eigenvalue weighted by atomic mass is 10.1. The first-order valence-electron chi connectivity index (χ1n) is 7.53. The van der Waals surface area contributed by atoms with Gasteiger partial charge >= 0.3 is 0 Å². The second-order valence-corrected chi connectivity index (χ2v) is 5.72. The maximum Gasteiger partial charge on any atom is 0.123 e. The number of nitrogens with zero attached hydrogens (tertiary/aromatic N) is 3. The van der Waals surface area contributed by atoms with E-state index < -0.39 is 0 Å². The standard InChI is InChI=1S/C17H23N3/c1-14-15(2)20-12-11-19(13-17(20)18-14)10-6-9-16-7-4-3-5-8-16/h3-5,7-8H,6,9-13H2,1-2H3. The van der Waals surface area contributed by atoms with Crippen LogP contribution in [0.4, 0.5) is 0 Å². The van der Waals surface area contributed by atoms with Gasteiger partial charge in [-0.3, -0.25) is 4.90 Å². The summed E-state index contributed by atoms with van der Waals surface area (Å²) in [5.41, 5.74) is 3.97. The van der Waals surface area contributed by atoms with Crippen LogP contribution in [0.1, 0.15) is 29.2 Å². The van der Waals surface area contributed by atoms with Crippen LogP contribution in [0.15, 0.2) is 30.3 Å². The third kappa shape index (κ3) is 2.78. The molecule has 0 aliphatic carbocycles. The number of hydrogen-bond donors (Lipinski definition) is 0. The average Bonchev–Trinajstić information content (AvgIpc) is 2.75. The summed E-state index contributed by atoms with van der Waals surface area (Å²) in [6.07, 6.45) is 2.40. The number of hydrogen-bond acceptors (Lipinski definition) is 2. The molecule has 0 spiro atoms. The minimum Gasteiger partial charge on any atom is -0.330 e. The molecule has 0 radical (unpaired) electrons. The zero-order valence-corrected chi connectivity index (χ0v) is 12.5. The Kier molecular flexibility index (Phi) is 3.88. The number of imidazole rings is 1. The maximum absolute atomic E-state index is 4.69. The fourth-order valence-corrected chi connectivity index (χ4v) is 3.00. The highest BCUT2D eigenvalue weighted by Gasteiger charge is 2.19. The third-order valence-electron chi connectivity index (χ3n) is 4.32. The lowest BCUT2D eigenvalue weighted by Crippen LogP contribution is -2.35. The van der Waals surface area contributed by atoms with Crippen molar-refractivity contribution in [3.05, 3.63) is 53.1 Å². The van der Waals surface area contributed by atoms with Gasteiger partial charge in [0.1, 0.15) is 5.82 Å². The van der Waals surface area contributed by atoms with Gasteiger partial charge in [-0.1, -0.05) is 30.3 Å². The van der Waals surface area contributed by atoms with E-state index in [4.69, 9.17) is 0 Å². The molecule has 1 aliphatic heterocycles. The topological polar surface area (TPSA) is 21.1 Å². The Morgan fingerprint density at radius 2 is 1.90 bits per heavy atom. The predicted molar refractivity (Wildman–Crippen MR) is 81.7 cm³/mol. The lowest BCUT2D eigenvalue weighted by molar-refractivity contribution is 0.213. The molecule has 0 unspecified atom stereocenters. The van der Waals surface area contributed by atoms with Crippen molar-refractivity contribution in [2.75, 3.05) is 13.1 Å². The van der Waals surface area contributed by atoms with Crippen LogP contribution in [0.2, 0.25) is 0 Å². The molecule has 20 heavy (non-hydrogen) atoms. The molecule has 2 aromatic rings. The Morgan fingerprint density at radius 3 is 2.70 bits per heavy atom. The van der Waals surface area contributed by atoms with Crippen LogP contribution in [0.3, 0.4) is 0 Å². The summed E-state index contributed by atoms with van der Waals surface area (Å²) in [6, 6.07) is 10.8. The van der Waals surface area contributed by atoms with Crippen LogP contribution in [-0.2, 0) is 19.5 Å². The molecule has 0 atom stereocenters. The van der Waals surface area contributed by atoms with Gasteiger partial charge in [-0.05, 0) is 38.8 Å². The first-order chi connectivity index (χ1) is 9.74. The van der Waals surface area contributed by atoms with E-state index in [2.05, 4.69) is 58.6 Å². The largest absolute Gasteiger partial charge is 0.330 e. The Balaban J connectivity index is 1.53. The van der Waals surface area contributed by atoms with E-state index >= 15 is 0 Å². The molecule has 2 heterocycles. The molecule has 106 valence electrons. The Labute approximate surface area is 121 Å². The van der Waals surface area contributed by atoms with E-state index in [-0.39, 0.29) is 0 Å². The molecule has 0 saturated heterocycles. The number of benzene rings is 1. The molecule has 3 nitrogen and oxygen atoms in total. The molecular formula is C17H23N3. The zero-order chi connectivity index (χ0) is 13.9. The van der Waals surface area contributed by atoms with Crippen LogP contribution in [0, 0.1) is 13.8 Å². The highest BCUT2D eigenvalue weighted by atomic mass is 15.2. The van der Waals surface area contributed by atoms with Gasteiger partial charge in [0.25, 0.3) is 0 Å². The van der Waals surface area contributed by atoms with Crippen molar-refractivity contribution in [1.82, 2.24) is 14.5 Å². The first kappa shape index (κ1) is 13.4. The molecule has 3 heteroatoms. The molecule has 1 aromatic carbocycles. The van der Waals surface area contributed by atoms with Gasteiger partial charge in [0.05, 0.1) is 12.2 Å². The number of aromatic nitrogens is 2. The van der Waals surface area contributed by atoms with Crippen LogP contribution in [0.25, 0.3) is 0 Å². The van der Waals surface area contributed by atoms with Gasteiger partial charge in [0, 0.05) is 18.8 Å². The fraction of sp³-hybridized carbons (Fsp3) is 0.471. The van der Waals surface area contributed by atoms with Crippen molar-refractivity contribution in [2.24, 2.45) is 0 Å². The van der Waals surface area contributed by atoms with Gasteiger partial charge in [0.2, 0.25) is 0 Å². The predicted octanol–water partition coefficient (Wildman–Crippen LogP) is 2.95. The zero-order valence-electron chi connectivity index (χ0n) is 12.5. The maximum atomic E-state index is 4.69. The number of fused-ring (bicyclic) bond motifs is 1. The summed E-state index contributed by atoms with van der Waals surface area (Å²) in [6.45, 7) is 8.70. The minimum absolute atomic E-state index is 1.00. The summed E-state index contributed by atoms with van der Waals surface area (Å²) >= 11 is 0. The highest BCUT2D eigenvalue weighted by Crippen LogP contribution is 2.17. The summed E-state index contributed by atoms with van der Waals surface area (Å²) in [5.74, 6) is 1.24. The second kappa shape index (κ2) is 5.80.